The molecule has 0 spiro atoms. The number of rotatable bonds is 2. The van der Waals surface area contributed by atoms with Crippen molar-refractivity contribution >= 4 is 21.8 Å². The summed E-state index contributed by atoms with van der Waals surface area (Å²) in [4.78, 5) is 19.8. The molecule has 1 N–H and O–H groups in total. The van der Waals surface area contributed by atoms with Crippen LogP contribution in [0.15, 0.2) is 90.2 Å². The van der Waals surface area contributed by atoms with E-state index in [1.54, 1.807) is 12.3 Å². The van der Waals surface area contributed by atoms with Crippen LogP contribution in [0.2, 0.25) is 0 Å². The Balaban J connectivity index is 1.90. The first-order valence-electron chi connectivity index (χ1n) is 8.43. The first-order valence-corrected chi connectivity index (χ1v) is 8.43. The first-order chi connectivity index (χ1) is 12.8. The van der Waals surface area contributed by atoms with Gasteiger partial charge in [0.05, 0.1) is 11.2 Å². The zero-order chi connectivity index (χ0) is 17.5. The van der Waals surface area contributed by atoms with Crippen LogP contribution in [0.1, 0.15) is 0 Å². The molecule has 0 atom stereocenters. The maximum atomic E-state index is 12.3. The summed E-state index contributed by atoms with van der Waals surface area (Å²) in [6.45, 7) is 0. The Morgan fingerprint density at radius 2 is 1.88 bits per heavy atom. The van der Waals surface area contributed by atoms with Gasteiger partial charge in [-0.2, -0.15) is 0 Å². The molecule has 5 aromatic rings. The lowest BCUT2D eigenvalue weighted by atomic mass is 10.0. The van der Waals surface area contributed by atoms with Crippen LogP contribution in [0.5, 0.6) is 0 Å². The second-order valence-corrected chi connectivity index (χ2v) is 6.24. The number of pyridine rings is 2. The molecule has 0 amide bonds. The first kappa shape index (κ1) is 14.7. The van der Waals surface area contributed by atoms with Gasteiger partial charge in [-0.3, -0.25) is 9.78 Å². The third-order valence-corrected chi connectivity index (χ3v) is 4.71. The summed E-state index contributed by atoms with van der Waals surface area (Å²) in [5.74, 6) is 0. The topological polar surface area (TPSA) is 50.7 Å². The summed E-state index contributed by atoms with van der Waals surface area (Å²) in [6.07, 6.45) is 7.41. The highest BCUT2D eigenvalue weighted by Gasteiger charge is 2.12. The van der Waals surface area contributed by atoms with Gasteiger partial charge < -0.3 is 9.55 Å². The van der Waals surface area contributed by atoms with Gasteiger partial charge in [-0.1, -0.05) is 18.2 Å². The van der Waals surface area contributed by atoms with Crippen molar-refractivity contribution in [2.24, 2.45) is 0 Å². The highest BCUT2D eigenvalue weighted by Crippen LogP contribution is 2.32. The van der Waals surface area contributed by atoms with Crippen LogP contribution in [-0.2, 0) is 0 Å². The number of aromatic amines is 1. The highest BCUT2D eigenvalue weighted by atomic mass is 16.1. The second-order valence-electron chi connectivity index (χ2n) is 6.24. The van der Waals surface area contributed by atoms with Crippen LogP contribution in [0.4, 0.5) is 0 Å². The lowest BCUT2D eigenvalue weighted by Gasteiger charge is -2.16. The predicted molar refractivity (Wildman–Crippen MR) is 105 cm³/mol. The minimum Gasteiger partial charge on any atom is -0.361 e. The molecule has 3 heterocycles. The molecule has 0 saturated carbocycles. The maximum Gasteiger partial charge on any atom is 0.189 e. The Morgan fingerprint density at radius 1 is 0.962 bits per heavy atom. The summed E-state index contributed by atoms with van der Waals surface area (Å²) >= 11 is 0. The predicted octanol–water partition coefficient (Wildman–Crippen LogP) is 4.53. The van der Waals surface area contributed by atoms with Gasteiger partial charge in [0.15, 0.2) is 5.43 Å². The van der Waals surface area contributed by atoms with Gasteiger partial charge in [0, 0.05) is 58.3 Å². The van der Waals surface area contributed by atoms with Gasteiger partial charge in [-0.15, -0.1) is 0 Å². The van der Waals surface area contributed by atoms with Crippen molar-refractivity contribution in [2.45, 2.75) is 0 Å². The molecule has 5 rings (SSSR count). The second kappa shape index (κ2) is 5.70. The molecule has 0 fully saturated rings. The number of hydrogen-bond donors (Lipinski definition) is 1. The lowest BCUT2D eigenvalue weighted by Crippen LogP contribution is -2.07. The van der Waals surface area contributed by atoms with Crippen LogP contribution >= 0.6 is 0 Å². The number of benzene rings is 2. The fraction of sp³-hybridized carbons (Fsp3) is 0. The number of fused-ring (bicyclic) bond motifs is 2. The minimum atomic E-state index is 0.0285. The van der Waals surface area contributed by atoms with Crippen LogP contribution in [0.25, 0.3) is 38.6 Å². The summed E-state index contributed by atoms with van der Waals surface area (Å²) < 4.78 is 2.07. The standard InChI is InChI=1S/C22H15N3O/c26-22-8-11-25(20-6-2-1-5-17(20)22)21-13-19-15(7-10-24-19)12-18(21)16-4-3-9-23-14-16/h1-14,24H. The van der Waals surface area contributed by atoms with E-state index in [1.807, 2.05) is 48.9 Å². The number of hydrogen-bond acceptors (Lipinski definition) is 2. The number of aromatic nitrogens is 3. The fourth-order valence-electron chi connectivity index (χ4n) is 3.46. The Kier molecular flexibility index (Phi) is 3.22. The molecular formula is C22H15N3O. The van der Waals surface area contributed by atoms with E-state index < -0.39 is 0 Å². The van der Waals surface area contributed by atoms with Gasteiger partial charge in [0.1, 0.15) is 0 Å². The monoisotopic (exact) mass is 337 g/mol. The number of H-pyrrole nitrogens is 1. The molecule has 4 nitrogen and oxygen atoms in total. The van der Waals surface area contributed by atoms with Crippen molar-refractivity contribution in [1.29, 1.82) is 0 Å². The average molecular weight is 337 g/mol. The molecule has 0 aliphatic carbocycles. The van der Waals surface area contributed by atoms with Crippen molar-refractivity contribution in [3.8, 4) is 16.8 Å². The zero-order valence-electron chi connectivity index (χ0n) is 13.9. The Bertz CT molecular complexity index is 1300. The van der Waals surface area contributed by atoms with Crippen LogP contribution in [-0.4, -0.2) is 14.5 Å². The van der Waals surface area contributed by atoms with Crippen molar-refractivity contribution in [1.82, 2.24) is 14.5 Å². The SMILES string of the molecule is O=c1ccn(-c2cc3[nH]ccc3cc2-c2cccnc2)c2ccccc12. The zero-order valence-corrected chi connectivity index (χ0v) is 13.9. The molecule has 124 valence electrons. The van der Waals surface area contributed by atoms with E-state index in [4.69, 9.17) is 0 Å². The van der Waals surface area contributed by atoms with E-state index >= 15 is 0 Å². The Hall–Kier alpha value is -3.66. The highest BCUT2D eigenvalue weighted by molar-refractivity contribution is 5.92. The number of nitrogens with zero attached hydrogens (tertiary/aromatic N) is 2. The van der Waals surface area contributed by atoms with Crippen molar-refractivity contribution in [2.75, 3.05) is 0 Å². The normalized spacial score (nSPS) is 11.2. The van der Waals surface area contributed by atoms with Gasteiger partial charge in [0.2, 0.25) is 0 Å². The van der Waals surface area contributed by atoms with Gasteiger partial charge in [-0.25, -0.2) is 0 Å². The molecule has 0 radical (unpaired) electrons. The van der Waals surface area contributed by atoms with Crippen molar-refractivity contribution < 1.29 is 0 Å². The minimum absolute atomic E-state index is 0.0285. The van der Waals surface area contributed by atoms with Gasteiger partial charge >= 0.3 is 0 Å². The largest absolute Gasteiger partial charge is 0.361 e. The molecular weight excluding hydrogens is 322 g/mol. The van der Waals surface area contributed by atoms with E-state index in [9.17, 15) is 4.79 Å². The van der Waals surface area contributed by atoms with E-state index in [0.717, 1.165) is 33.2 Å². The van der Waals surface area contributed by atoms with Crippen molar-refractivity contribution in [3.63, 3.8) is 0 Å². The third-order valence-electron chi connectivity index (χ3n) is 4.71. The molecule has 0 aliphatic heterocycles. The molecule has 0 bridgehead atoms. The lowest BCUT2D eigenvalue weighted by molar-refractivity contribution is 1.10. The molecule has 3 aromatic heterocycles. The van der Waals surface area contributed by atoms with Crippen LogP contribution in [0.3, 0.4) is 0 Å². The molecule has 0 unspecified atom stereocenters. The molecule has 2 aromatic carbocycles. The summed E-state index contributed by atoms with van der Waals surface area (Å²) in [6, 6.07) is 19.6. The fourth-order valence-corrected chi connectivity index (χ4v) is 3.46. The molecule has 4 heteroatoms. The summed E-state index contributed by atoms with van der Waals surface area (Å²) in [7, 11) is 0. The summed E-state index contributed by atoms with van der Waals surface area (Å²) in [5, 5.41) is 1.84. The van der Waals surface area contributed by atoms with E-state index in [2.05, 4.69) is 38.8 Å². The van der Waals surface area contributed by atoms with Gasteiger partial charge in [0.25, 0.3) is 0 Å². The van der Waals surface area contributed by atoms with E-state index in [-0.39, 0.29) is 5.43 Å². The molecule has 0 aliphatic rings. The van der Waals surface area contributed by atoms with Gasteiger partial charge in [-0.05, 0) is 36.4 Å². The maximum absolute atomic E-state index is 12.3. The number of para-hydroxylation sites is 1. The third kappa shape index (κ3) is 2.24. The van der Waals surface area contributed by atoms with E-state index in [0.29, 0.717) is 5.39 Å². The molecule has 0 saturated heterocycles. The van der Waals surface area contributed by atoms with E-state index in [1.165, 1.54) is 0 Å². The van der Waals surface area contributed by atoms with Crippen LogP contribution < -0.4 is 5.43 Å². The quantitative estimate of drug-likeness (QED) is 0.514. The average Bonchev–Trinajstić information content (AvgIpc) is 3.16. The Labute approximate surface area is 149 Å². The van der Waals surface area contributed by atoms with Crippen LogP contribution in [0, 0.1) is 0 Å². The Morgan fingerprint density at radius 3 is 2.77 bits per heavy atom. The number of nitrogens with one attached hydrogen (secondary N) is 1. The van der Waals surface area contributed by atoms with Crippen molar-refractivity contribution in [3.05, 3.63) is 95.7 Å². The summed E-state index contributed by atoms with van der Waals surface area (Å²) in [5.41, 5.74) is 5.07. The molecule has 26 heavy (non-hydrogen) atoms. The smallest absolute Gasteiger partial charge is 0.189 e.